The van der Waals surface area contributed by atoms with Crippen molar-refractivity contribution >= 4 is 5.97 Å². The van der Waals surface area contributed by atoms with Gasteiger partial charge >= 0.3 is 5.97 Å². The van der Waals surface area contributed by atoms with Crippen LogP contribution in [0.25, 0.3) is 0 Å². The lowest BCUT2D eigenvalue weighted by Gasteiger charge is -1.99. The molecule has 0 spiro atoms. The van der Waals surface area contributed by atoms with E-state index in [1.54, 1.807) is 6.92 Å². The quantitative estimate of drug-likeness (QED) is 0.720. The number of aromatic hydroxyl groups is 1. The van der Waals surface area contributed by atoms with Crippen LogP contribution in [-0.2, 0) is 16.0 Å². The molecule has 0 radical (unpaired) electrons. The first kappa shape index (κ1) is 9.64. The number of hydrogen-bond acceptors (Lipinski definition) is 4. The summed E-state index contributed by atoms with van der Waals surface area (Å²) in [6, 6.07) is 1.44. The van der Waals surface area contributed by atoms with Crippen molar-refractivity contribution in [3.8, 4) is 5.75 Å². The molecule has 0 unspecified atom stereocenters. The van der Waals surface area contributed by atoms with Gasteiger partial charge in [0.05, 0.1) is 19.3 Å². The van der Waals surface area contributed by atoms with Crippen LogP contribution in [-0.4, -0.2) is 17.7 Å². The largest absolute Gasteiger partial charge is 0.504 e. The first-order valence-corrected chi connectivity index (χ1v) is 4.15. The Balaban J connectivity index is 2.35. The summed E-state index contributed by atoms with van der Waals surface area (Å²) in [6.07, 6.45) is 1.99. The third-order valence-corrected chi connectivity index (χ3v) is 1.58. The summed E-state index contributed by atoms with van der Waals surface area (Å²) in [7, 11) is 0. The van der Waals surface area contributed by atoms with E-state index in [2.05, 4.69) is 0 Å². The van der Waals surface area contributed by atoms with Gasteiger partial charge in [0.1, 0.15) is 5.76 Å². The van der Waals surface area contributed by atoms with E-state index in [0.717, 1.165) is 0 Å². The fourth-order valence-electron chi connectivity index (χ4n) is 0.970. The van der Waals surface area contributed by atoms with Crippen LogP contribution >= 0.6 is 0 Å². The minimum Gasteiger partial charge on any atom is -0.504 e. The number of carbonyl (C=O) groups excluding carboxylic acids is 1. The van der Waals surface area contributed by atoms with Gasteiger partial charge in [-0.25, -0.2) is 0 Å². The number of carbonyl (C=O) groups is 1. The molecule has 72 valence electrons. The second kappa shape index (κ2) is 4.54. The van der Waals surface area contributed by atoms with Crippen molar-refractivity contribution in [2.24, 2.45) is 0 Å². The molecule has 4 heteroatoms. The van der Waals surface area contributed by atoms with Gasteiger partial charge in [-0.15, -0.1) is 0 Å². The summed E-state index contributed by atoms with van der Waals surface area (Å²) < 4.78 is 9.65. The van der Waals surface area contributed by atoms with Gasteiger partial charge in [-0.3, -0.25) is 4.79 Å². The predicted molar refractivity (Wildman–Crippen MR) is 45.3 cm³/mol. The third-order valence-electron chi connectivity index (χ3n) is 1.58. The van der Waals surface area contributed by atoms with Gasteiger partial charge in [-0.2, -0.15) is 0 Å². The van der Waals surface area contributed by atoms with E-state index in [1.807, 2.05) is 0 Å². The fourth-order valence-corrected chi connectivity index (χ4v) is 0.970. The second-order valence-corrected chi connectivity index (χ2v) is 2.53. The molecule has 1 rings (SSSR count). The van der Waals surface area contributed by atoms with E-state index < -0.39 is 0 Å². The maximum Gasteiger partial charge on any atom is 0.306 e. The fraction of sp³-hybridized carbons (Fsp3) is 0.444. The third kappa shape index (κ3) is 2.82. The van der Waals surface area contributed by atoms with Crippen molar-refractivity contribution in [3.63, 3.8) is 0 Å². The standard InChI is InChI=1S/C9H12O4/c1-2-12-9(11)4-3-8-7(10)5-6-13-8/h5-6,10H,2-4H2,1H3. The van der Waals surface area contributed by atoms with Gasteiger partial charge in [0.25, 0.3) is 0 Å². The Hall–Kier alpha value is -1.45. The molecule has 13 heavy (non-hydrogen) atoms. The number of hydrogen-bond donors (Lipinski definition) is 1. The summed E-state index contributed by atoms with van der Waals surface area (Å²) in [5, 5.41) is 9.15. The van der Waals surface area contributed by atoms with Gasteiger partial charge in [0.2, 0.25) is 0 Å². The summed E-state index contributed by atoms with van der Waals surface area (Å²) in [5.74, 6) is 0.232. The number of rotatable bonds is 4. The number of furan rings is 1. The highest BCUT2D eigenvalue weighted by molar-refractivity contribution is 5.69. The van der Waals surface area contributed by atoms with Crippen molar-refractivity contribution in [1.29, 1.82) is 0 Å². The van der Waals surface area contributed by atoms with Crippen LogP contribution in [0, 0.1) is 0 Å². The number of ether oxygens (including phenoxy) is 1. The average molecular weight is 184 g/mol. The summed E-state index contributed by atoms with van der Waals surface area (Å²) in [4.78, 5) is 10.9. The molecule has 0 aliphatic rings. The first-order valence-electron chi connectivity index (χ1n) is 4.15. The molecule has 0 aromatic carbocycles. The molecule has 1 N–H and O–H groups in total. The van der Waals surface area contributed by atoms with E-state index >= 15 is 0 Å². The van der Waals surface area contributed by atoms with Crippen molar-refractivity contribution < 1.29 is 19.1 Å². The van der Waals surface area contributed by atoms with Crippen molar-refractivity contribution in [1.82, 2.24) is 0 Å². The summed E-state index contributed by atoms with van der Waals surface area (Å²) in [5.41, 5.74) is 0. The Kier molecular flexibility index (Phi) is 3.37. The zero-order valence-corrected chi connectivity index (χ0v) is 7.45. The van der Waals surface area contributed by atoms with Crippen LogP contribution in [0.1, 0.15) is 19.1 Å². The lowest BCUT2D eigenvalue weighted by atomic mass is 10.2. The molecule has 4 nitrogen and oxygen atoms in total. The topological polar surface area (TPSA) is 59.7 Å². The van der Waals surface area contributed by atoms with Gasteiger partial charge in [0, 0.05) is 12.5 Å². The number of aryl methyl sites for hydroxylation is 1. The predicted octanol–water partition coefficient (Wildman–Crippen LogP) is 1.48. The molecule has 0 atom stereocenters. The van der Waals surface area contributed by atoms with Crippen LogP contribution < -0.4 is 0 Å². The molecule has 1 aromatic rings. The Morgan fingerprint density at radius 1 is 1.69 bits per heavy atom. The molecule has 0 aliphatic heterocycles. The minimum atomic E-state index is -0.279. The van der Waals surface area contributed by atoms with Gasteiger partial charge in [-0.1, -0.05) is 0 Å². The smallest absolute Gasteiger partial charge is 0.306 e. The minimum absolute atomic E-state index is 0.0873. The van der Waals surface area contributed by atoms with Gasteiger partial charge < -0.3 is 14.3 Å². The lowest BCUT2D eigenvalue weighted by Crippen LogP contribution is -2.04. The molecule has 1 heterocycles. The van der Waals surface area contributed by atoms with Crippen LogP contribution in [0.5, 0.6) is 5.75 Å². The lowest BCUT2D eigenvalue weighted by molar-refractivity contribution is -0.143. The number of esters is 1. The molecule has 0 fully saturated rings. The average Bonchev–Trinajstić information content (AvgIpc) is 2.48. The van der Waals surface area contributed by atoms with Gasteiger partial charge in [-0.05, 0) is 6.92 Å². The maximum absolute atomic E-state index is 10.9. The molecule has 0 bridgehead atoms. The zero-order valence-electron chi connectivity index (χ0n) is 7.45. The first-order chi connectivity index (χ1) is 6.24. The van der Waals surface area contributed by atoms with Crippen LogP contribution in [0.15, 0.2) is 16.7 Å². The molecule has 1 aromatic heterocycles. The summed E-state index contributed by atoms with van der Waals surface area (Å²) in [6.45, 7) is 2.13. The SMILES string of the molecule is CCOC(=O)CCc1occc1O. The van der Waals surface area contributed by atoms with Crippen molar-refractivity contribution in [2.75, 3.05) is 6.61 Å². The second-order valence-electron chi connectivity index (χ2n) is 2.53. The Labute approximate surface area is 76.1 Å². The van der Waals surface area contributed by atoms with Crippen LogP contribution in [0.2, 0.25) is 0 Å². The van der Waals surface area contributed by atoms with E-state index in [9.17, 15) is 4.79 Å². The van der Waals surface area contributed by atoms with Crippen molar-refractivity contribution in [3.05, 3.63) is 18.1 Å². The maximum atomic E-state index is 10.9. The molecular formula is C9H12O4. The molecular weight excluding hydrogens is 172 g/mol. The van der Waals surface area contributed by atoms with Crippen LogP contribution in [0.4, 0.5) is 0 Å². The highest BCUT2D eigenvalue weighted by Gasteiger charge is 2.08. The Morgan fingerprint density at radius 3 is 3.00 bits per heavy atom. The van der Waals surface area contributed by atoms with E-state index in [-0.39, 0.29) is 18.1 Å². The normalized spacial score (nSPS) is 9.92. The highest BCUT2D eigenvalue weighted by atomic mass is 16.5. The molecule has 0 amide bonds. The van der Waals surface area contributed by atoms with E-state index in [1.165, 1.54) is 12.3 Å². The van der Waals surface area contributed by atoms with E-state index in [4.69, 9.17) is 14.3 Å². The van der Waals surface area contributed by atoms with Gasteiger partial charge in [0.15, 0.2) is 5.75 Å². The highest BCUT2D eigenvalue weighted by Crippen LogP contribution is 2.18. The monoisotopic (exact) mass is 184 g/mol. The molecule has 0 saturated carbocycles. The summed E-state index contributed by atoms with van der Waals surface area (Å²) >= 11 is 0. The Bertz CT molecular complexity index is 277. The van der Waals surface area contributed by atoms with E-state index in [0.29, 0.717) is 18.8 Å². The molecule has 0 saturated heterocycles. The molecule has 0 aliphatic carbocycles. The Morgan fingerprint density at radius 2 is 2.46 bits per heavy atom. The van der Waals surface area contributed by atoms with Crippen molar-refractivity contribution in [2.45, 2.75) is 19.8 Å². The zero-order chi connectivity index (χ0) is 9.68. The van der Waals surface area contributed by atoms with Crippen LogP contribution in [0.3, 0.4) is 0 Å².